The molecule has 3 aromatic carbocycles. The minimum absolute atomic E-state index is 0.00700. The molecule has 128 valence electrons. The summed E-state index contributed by atoms with van der Waals surface area (Å²) in [6.45, 7) is 2.27. The smallest absolute Gasteiger partial charge is 0.0790 e. The van der Waals surface area contributed by atoms with Gasteiger partial charge >= 0.3 is 0 Å². The molecule has 2 aliphatic rings. The summed E-state index contributed by atoms with van der Waals surface area (Å²) in [5, 5.41) is 0. The van der Waals surface area contributed by atoms with E-state index in [9.17, 15) is 0 Å². The molecule has 5 rings (SSSR count). The van der Waals surface area contributed by atoms with E-state index in [-0.39, 0.29) is 5.41 Å². The third kappa shape index (κ3) is 2.10. The van der Waals surface area contributed by atoms with Gasteiger partial charge in [0.25, 0.3) is 0 Å². The summed E-state index contributed by atoms with van der Waals surface area (Å²) in [6.07, 6.45) is 2.52. The van der Waals surface area contributed by atoms with Gasteiger partial charge in [-0.15, -0.1) is 11.8 Å². The first-order chi connectivity index (χ1) is 12.9. The van der Waals surface area contributed by atoms with Crippen molar-refractivity contribution in [1.82, 2.24) is 0 Å². The minimum atomic E-state index is -0.00700. The zero-order chi connectivity index (χ0) is 17.6. The average molecular weight is 355 g/mol. The van der Waals surface area contributed by atoms with E-state index >= 15 is 0 Å². The molecule has 0 aromatic heterocycles. The summed E-state index contributed by atoms with van der Waals surface area (Å²) in [5.41, 5.74) is 8.64. The van der Waals surface area contributed by atoms with Crippen LogP contribution in [0.2, 0.25) is 0 Å². The molecule has 0 saturated heterocycles. The average Bonchev–Trinajstić information content (AvgIpc) is 3.28. The van der Waals surface area contributed by atoms with E-state index in [1.165, 1.54) is 52.0 Å². The summed E-state index contributed by atoms with van der Waals surface area (Å²) in [6, 6.07) is 29.0. The van der Waals surface area contributed by atoms with Crippen LogP contribution in [0.25, 0.3) is 16.7 Å². The predicted molar refractivity (Wildman–Crippen MR) is 113 cm³/mol. The summed E-state index contributed by atoms with van der Waals surface area (Å²) in [5.74, 6) is 1.20. The fraction of sp³-hybridized carbons (Fsp3) is 0.200. The second-order valence-electron chi connectivity index (χ2n) is 7.11. The van der Waals surface area contributed by atoms with Crippen molar-refractivity contribution in [1.29, 1.82) is 0 Å². The highest BCUT2D eigenvalue weighted by atomic mass is 32.2. The lowest BCUT2D eigenvalue weighted by atomic mass is 9.86. The molecule has 0 saturated carbocycles. The number of rotatable bonds is 5. The Labute approximate surface area is 160 Å². The van der Waals surface area contributed by atoms with Crippen LogP contribution in [0.3, 0.4) is 0 Å². The van der Waals surface area contributed by atoms with E-state index in [0.717, 1.165) is 0 Å². The van der Waals surface area contributed by atoms with Gasteiger partial charge in [0.1, 0.15) is 0 Å². The van der Waals surface area contributed by atoms with Gasteiger partial charge in [-0.2, -0.15) is 0 Å². The molecule has 0 unspecified atom stereocenters. The molecule has 0 N–H and O–H groups in total. The van der Waals surface area contributed by atoms with Crippen molar-refractivity contribution < 1.29 is 0 Å². The highest BCUT2D eigenvalue weighted by molar-refractivity contribution is 8.03. The molecule has 26 heavy (non-hydrogen) atoms. The van der Waals surface area contributed by atoms with E-state index in [1.807, 2.05) is 0 Å². The van der Waals surface area contributed by atoms with Gasteiger partial charge < -0.3 is 0 Å². The molecule has 0 amide bonds. The van der Waals surface area contributed by atoms with Gasteiger partial charge in [-0.3, -0.25) is 0 Å². The maximum atomic E-state index is 2.34. The maximum Gasteiger partial charge on any atom is 0.0790 e. The zero-order valence-electron chi connectivity index (χ0n) is 15.0. The van der Waals surface area contributed by atoms with E-state index in [2.05, 4.69) is 97.5 Å². The molecular weight excluding hydrogens is 332 g/mol. The number of unbranched alkanes of at least 4 members (excludes halogenated alkanes) is 1. The van der Waals surface area contributed by atoms with E-state index in [0.29, 0.717) is 0 Å². The van der Waals surface area contributed by atoms with Crippen LogP contribution in [0, 0.1) is 0 Å². The summed E-state index contributed by atoms with van der Waals surface area (Å²) >= 11 is 2.07. The third-order valence-corrected chi connectivity index (χ3v) is 6.93. The number of fused-ring (bicyclic) bond motifs is 5. The highest BCUT2D eigenvalue weighted by Crippen LogP contribution is 2.72. The first-order valence-corrected chi connectivity index (χ1v) is 10.5. The summed E-state index contributed by atoms with van der Waals surface area (Å²) in [4.78, 5) is 1.56. The van der Waals surface area contributed by atoms with Crippen LogP contribution < -0.4 is 0 Å². The number of hydrogen-bond donors (Lipinski definition) is 0. The maximum absolute atomic E-state index is 2.34. The van der Waals surface area contributed by atoms with Crippen molar-refractivity contribution in [2.45, 2.75) is 25.2 Å². The number of allylic oxidation sites excluding steroid dienone is 2. The molecule has 0 nitrogen and oxygen atoms in total. The highest BCUT2D eigenvalue weighted by Gasteiger charge is 2.60. The monoisotopic (exact) mass is 354 g/mol. The fourth-order valence-corrected chi connectivity index (χ4v) is 6.00. The van der Waals surface area contributed by atoms with Gasteiger partial charge in [0, 0.05) is 4.91 Å². The standard InChI is InChI=1S/C25H22S/c1-2-3-17-26-24-23(18-11-5-4-6-12-18)25(24)21-15-9-7-13-19(21)20-14-8-10-16-22(20)25/h4-16H,2-3,17H2,1H3. The van der Waals surface area contributed by atoms with Crippen LogP contribution in [-0.2, 0) is 5.41 Å². The van der Waals surface area contributed by atoms with Crippen molar-refractivity contribution in [2.75, 3.05) is 5.75 Å². The van der Waals surface area contributed by atoms with Crippen LogP contribution in [-0.4, -0.2) is 5.75 Å². The van der Waals surface area contributed by atoms with Crippen LogP contribution in [0.1, 0.15) is 36.5 Å². The molecule has 1 spiro atoms. The SMILES string of the molecule is CCCCSC1=C(c2ccccc2)C12c1ccccc1-c1ccccc12. The lowest BCUT2D eigenvalue weighted by Gasteiger charge is -2.17. The van der Waals surface area contributed by atoms with E-state index in [1.54, 1.807) is 4.91 Å². The molecule has 0 aliphatic heterocycles. The Balaban J connectivity index is 1.70. The van der Waals surface area contributed by atoms with Gasteiger partial charge in [-0.1, -0.05) is 92.2 Å². The molecule has 3 aromatic rings. The van der Waals surface area contributed by atoms with Crippen LogP contribution >= 0.6 is 11.8 Å². The Bertz CT molecular complexity index is 952. The Morgan fingerprint density at radius 1 is 0.731 bits per heavy atom. The van der Waals surface area contributed by atoms with Crippen molar-refractivity contribution in [3.63, 3.8) is 0 Å². The Kier molecular flexibility index (Phi) is 3.79. The Morgan fingerprint density at radius 3 is 1.92 bits per heavy atom. The van der Waals surface area contributed by atoms with Crippen LogP contribution in [0.4, 0.5) is 0 Å². The molecule has 0 fully saturated rings. The molecule has 0 radical (unpaired) electrons. The Hall–Kier alpha value is -2.25. The topological polar surface area (TPSA) is 0 Å². The molecule has 0 atom stereocenters. The third-order valence-electron chi connectivity index (χ3n) is 5.64. The lowest BCUT2D eigenvalue weighted by molar-refractivity contribution is 0.895. The first-order valence-electron chi connectivity index (χ1n) is 9.52. The predicted octanol–water partition coefficient (Wildman–Crippen LogP) is 6.91. The number of thioether (sulfide) groups is 1. The number of benzene rings is 3. The zero-order valence-corrected chi connectivity index (χ0v) is 15.9. The lowest BCUT2D eigenvalue weighted by Crippen LogP contribution is -2.11. The van der Waals surface area contributed by atoms with Crippen molar-refractivity contribution >= 4 is 17.3 Å². The molecular formula is C25H22S. The second kappa shape index (κ2) is 6.17. The van der Waals surface area contributed by atoms with Crippen molar-refractivity contribution in [2.24, 2.45) is 0 Å². The normalized spacial score (nSPS) is 15.9. The molecule has 2 aliphatic carbocycles. The van der Waals surface area contributed by atoms with Gasteiger partial charge in [-0.05, 0) is 45.6 Å². The molecule has 0 heterocycles. The Morgan fingerprint density at radius 2 is 1.31 bits per heavy atom. The van der Waals surface area contributed by atoms with Gasteiger partial charge in [0.2, 0.25) is 0 Å². The van der Waals surface area contributed by atoms with E-state index < -0.39 is 0 Å². The van der Waals surface area contributed by atoms with Crippen LogP contribution in [0.5, 0.6) is 0 Å². The minimum Gasteiger partial charge on any atom is -0.129 e. The quantitative estimate of drug-likeness (QED) is 0.448. The number of hydrogen-bond acceptors (Lipinski definition) is 1. The second-order valence-corrected chi connectivity index (χ2v) is 8.22. The van der Waals surface area contributed by atoms with Gasteiger partial charge in [0.15, 0.2) is 0 Å². The molecule has 1 heteroatoms. The summed E-state index contributed by atoms with van der Waals surface area (Å²) in [7, 11) is 0. The largest absolute Gasteiger partial charge is 0.129 e. The summed E-state index contributed by atoms with van der Waals surface area (Å²) < 4.78 is 0. The first kappa shape index (κ1) is 16.0. The van der Waals surface area contributed by atoms with Crippen LogP contribution in [0.15, 0.2) is 83.8 Å². The van der Waals surface area contributed by atoms with Gasteiger partial charge in [-0.25, -0.2) is 0 Å². The fourth-order valence-electron chi connectivity index (χ4n) is 4.46. The van der Waals surface area contributed by atoms with Gasteiger partial charge in [0.05, 0.1) is 5.41 Å². The molecule has 0 bridgehead atoms. The van der Waals surface area contributed by atoms with Crippen molar-refractivity contribution in [3.8, 4) is 11.1 Å². The van der Waals surface area contributed by atoms with E-state index in [4.69, 9.17) is 0 Å². The van der Waals surface area contributed by atoms with Crippen molar-refractivity contribution in [3.05, 3.63) is 100 Å².